The average Bonchev–Trinajstić information content (AvgIpc) is 2.74. The van der Waals surface area contributed by atoms with Crippen LogP contribution < -0.4 is 5.32 Å². The molecule has 2 heterocycles. The smallest absolute Gasteiger partial charge is 0.207 e. The van der Waals surface area contributed by atoms with Gasteiger partial charge in [-0.1, -0.05) is 13.8 Å². The van der Waals surface area contributed by atoms with E-state index in [4.69, 9.17) is 0 Å². The van der Waals surface area contributed by atoms with Gasteiger partial charge in [-0.3, -0.25) is 9.55 Å². The Hall–Kier alpha value is -1.84. The summed E-state index contributed by atoms with van der Waals surface area (Å²) in [5.41, 5.74) is 2.18. The highest BCUT2D eigenvalue weighted by atomic mass is 15.2. The Morgan fingerprint density at radius 1 is 1.35 bits per heavy atom. The maximum absolute atomic E-state index is 4.32. The first-order valence-electron chi connectivity index (χ1n) is 5.86. The molecule has 0 saturated carbocycles. The van der Waals surface area contributed by atoms with E-state index in [1.807, 2.05) is 30.1 Å². The van der Waals surface area contributed by atoms with Crippen molar-refractivity contribution in [1.82, 2.24) is 14.5 Å². The molecular weight excluding hydrogens is 212 g/mol. The van der Waals surface area contributed by atoms with Gasteiger partial charge in [-0.2, -0.15) is 0 Å². The maximum Gasteiger partial charge on any atom is 0.207 e. The molecule has 0 aliphatic rings. The largest absolute Gasteiger partial charge is 0.355 e. The second-order valence-corrected chi connectivity index (χ2v) is 4.62. The van der Waals surface area contributed by atoms with E-state index in [0.717, 1.165) is 23.7 Å². The van der Waals surface area contributed by atoms with Gasteiger partial charge in [-0.25, -0.2) is 4.98 Å². The molecule has 0 aliphatic heterocycles. The molecule has 0 saturated heterocycles. The molecule has 0 unspecified atom stereocenters. The Morgan fingerprint density at radius 3 is 2.88 bits per heavy atom. The zero-order valence-corrected chi connectivity index (χ0v) is 10.5. The lowest BCUT2D eigenvalue weighted by Crippen LogP contribution is -2.12. The van der Waals surface area contributed by atoms with Gasteiger partial charge in [0.05, 0.1) is 11.9 Å². The van der Waals surface area contributed by atoms with Crippen LogP contribution in [0.25, 0.3) is 5.69 Å². The molecule has 90 valence electrons. The summed E-state index contributed by atoms with van der Waals surface area (Å²) < 4.78 is 2.02. The molecule has 0 aromatic carbocycles. The van der Waals surface area contributed by atoms with Crippen molar-refractivity contribution in [1.29, 1.82) is 0 Å². The maximum atomic E-state index is 4.32. The van der Waals surface area contributed by atoms with Crippen molar-refractivity contribution in [2.24, 2.45) is 5.92 Å². The van der Waals surface area contributed by atoms with Gasteiger partial charge < -0.3 is 5.32 Å². The summed E-state index contributed by atoms with van der Waals surface area (Å²) in [5.74, 6) is 1.46. The molecule has 4 nitrogen and oxygen atoms in total. The minimum Gasteiger partial charge on any atom is -0.355 e. The second-order valence-electron chi connectivity index (χ2n) is 4.62. The van der Waals surface area contributed by atoms with E-state index in [2.05, 4.69) is 35.2 Å². The molecule has 0 fully saturated rings. The van der Waals surface area contributed by atoms with Crippen LogP contribution in [0.1, 0.15) is 19.4 Å². The topological polar surface area (TPSA) is 42.7 Å². The lowest BCUT2D eigenvalue weighted by Gasteiger charge is -2.11. The molecule has 0 aliphatic carbocycles. The minimum absolute atomic E-state index is 0.593. The van der Waals surface area contributed by atoms with Crippen LogP contribution in [0.5, 0.6) is 0 Å². The molecule has 1 N–H and O–H groups in total. The Labute approximate surface area is 102 Å². The summed E-state index contributed by atoms with van der Waals surface area (Å²) in [4.78, 5) is 8.52. The zero-order valence-electron chi connectivity index (χ0n) is 10.5. The number of nitrogens with zero attached hydrogens (tertiary/aromatic N) is 3. The lowest BCUT2D eigenvalue weighted by molar-refractivity contribution is 0.683. The number of imidazole rings is 1. The highest BCUT2D eigenvalue weighted by molar-refractivity contribution is 5.41. The third kappa shape index (κ3) is 2.84. The van der Waals surface area contributed by atoms with Crippen molar-refractivity contribution in [2.75, 3.05) is 11.9 Å². The van der Waals surface area contributed by atoms with Crippen LogP contribution in [0.15, 0.2) is 30.9 Å². The summed E-state index contributed by atoms with van der Waals surface area (Å²) in [6.45, 7) is 7.30. The fourth-order valence-electron chi connectivity index (χ4n) is 1.61. The normalized spacial score (nSPS) is 10.8. The van der Waals surface area contributed by atoms with Crippen LogP contribution in [-0.4, -0.2) is 21.1 Å². The first-order chi connectivity index (χ1) is 8.16. The lowest BCUT2D eigenvalue weighted by atomic mass is 10.2. The van der Waals surface area contributed by atoms with Crippen molar-refractivity contribution in [2.45, 2.75) is 20.8 Å². The molecule has 2 rings (SSSR count). The van der Waals surface area contributed by atoms with Crippen LogP contribution in [0.2, 0.25) is 0 Å². The van der Waals surface area contributed by atoms with E-state index in [-0.39, 0.29) is 0 Å². The fraction of sp³-hybridized carbons (Fsp3) is 0.385. The molecule has 0 radical (unpaired) electrons. The first kappa shape index (κ1) is 11.6. The van der Waals surface area contributed by atoms with Crippen molar-refractivity contribution in [3.63, 3.8) is 0 Å². The van der Waals surface area contributed by atoms with Crippen LogP contribution >= 0.6 is 0 Å². The van der Waals surface area contributed by atoms with Crippen LogP contribution in [0.4, 0.5) is 5.95 Å². The molecular formula is C13H18N4. The zero-order chi connectivity index (χ0) is 12.3. The van der Waals surface area contributed by atoms with Crippen molar-refractivity contribution >= 4 is 5.95 Å². The van der Waals surface area contributed by atoms with E-state index >= 15 is 0 Å². The third-order valence-corrected chi connectivity index (χ3v) is 2.45. The third-order valence-electron chi connectivity index (χ3n) is 2.45. The monoisotopic (exact) mass is 230 g/mol. The number of aryl methyl sites for hydroxylation is 1. The fourth-order valence-corrected chi connectivity index (χ4v) is 1.61. The Morgan fingerprint density at radius 2 is 2.18 bits per heavy atom. The summed E-state index contributed by atoms with van der Waals surface area (Å²) >= 11 is 0. The van der Waals surface area contributed by atoms with Gasteiger partial charge in [0.2, 0.25) is 5.95 Å². The van der Waals surface area contributed by atoms with Crippen LogP contribution in [0, 0.1) is 12.8 Å². The summed E-state index contributed by atoms with van der Waals surface area (Å²) in [6, 6.07) is 2.09. The Bertz CT molecular complexity index is 488. The van der Waals surface area contributed by atoms with Crippen LogP contribution in [0.3, 0.4) is 0 Å². The number of rotatable bonds is 4. The van der Waals surface area contributed by atoms with Gasteiger partial charge in [0.15, 0.2) is 0 Å². The van der Waals surface area contributed by atoms with Crippen molar-refractivity contribution in [3.8, 4) is 5.69 Å². The van der Waals surface area contributed by atoms with E-state index in [0.29, 0.717) is 5.92 Å². The highest BCUT2D eigenvalue weighted by Crippen LogP contribution is 2.14. The van der Waals surface area contributed by atoms with Crippen molar-refractivity contribution < 1.29 is 0 Å². The highest BCUT2D eigenvalue weighted by Gasteiger charge is 2.05. The number of pyridine rings is 1. The SMILES string of the molecule is Cc1cncc(-n2ccnc2NCC(C)C)c1. The predicted molar refractivity (Wildman–Crippen MR) is 69.4 cm³/mol. The molecule has 0 amide bonds. The van der Waals surface area contributed by atoms with E-state index < -0.39 is 0 Å². The summed E-state index contributed by atoms with van der Waals surface area (Å²) in [6.07, 6.45) is 7.43. The van der Waals surface area contributed by atoms with Gasteiger partial charge >= 0.3 is 0 Å². The molecule has 17 heavy (non-hydrogen) atoms. The molecule has 4 heteroatoms. The van der Waals surface area contributed by atoms with Crippen LogP contribution in [-0.2, 0) is 0 Å². The van der Waals surface area contributed by atoms with Gasteiger partial charge in [0, 0.05) is 25.1 Å². The number of aromatic nitrogens is 3. The standard InChI is InChI=1S/C13H18N4/c1-10(2)7-16-13-15-4-5-17(13)12-6-11(3)8-14-9-12/h4-6,8-10H,7H2,1-3H3,(H,15,16). The molecule has 0 atom stereocenters. The van der Waals surface area contributed by atoms with Gasteiger partial charge in [0.1, 0.15) is 0 Å². The molecule has 2 aromatic rings. The van der Waals surface area contributed by atoms with E-state index in [1.54, 1.807) is 6.20 Å². The van der Waals surface area contributed by atoms with Gasteiger partial charge in [0.25, 0.3) is 0 Å². The van der Waals surface area contributed by atoms with E-state index in [9.17, 15) is 0 Å². The van der Waals surface area contributed by atoms with Gasteiger partial charge in [-0.05, 0) is 24.5 Å². The first-order valence-corrected chi connectivity index (χ1v) is 5.86. The van der Waals surface area contributed by atoms with Gasteiger partial charge in [-0.15, -0.1) is 0 Å². The second kappa shape index (κ2) is 4.99. The summed E-state index contributed by atoms with van der Waals surface area (Å²) in [7, 11) is 0. The molecule has 0 spiro atoms. The van der Waals surface area contributed by atoms with E-state index in [1.165, 1.54) is 0 Å². The van der Waals surface area contributed by atoms with Crippen molar-refractivity contribution in [3.05, 3.63) is 36.4 Å². The number of hydrogen-bond donors (Lipinski definition) is 1. The number of hydrogen-bond acceptors (Lipinski definition) is 3. The quantitative estimate of drug-likeness (QED) is 0.878. The summed E-state index contributed by atoms with van der Waals surface area (Å²) in [5, 5.41) is 3.33. The average molecular weight is 230 g/mol. The minimum atomic E-state index is 0.593. The number of nitrogens with one attached hydrogen (secondary N) is 1. The Kier molecular flexibility index (Phi) is 3.42. The molecule has 0 bridgehead atoms. The predicted octanol–water partition coefficient (Wildman–Crippen LogP) is 2.64. The Balaban J connectivity index is 2.24. The molecule has 2 aromatic heterocycles. The number of anilines is 1.